The Kier molecular flexibility index (Phi) is 18.4. The molecule has 4 rings (SSSR count). The van der Waals surface area contributed by atoms with E-state index in [9.17, 15) is 0 Å². The van der Waals surface area contributed by atoms with Crippen LogP contribution in [0.25, 0.3) is 11.0 Å². The minimum Gasteiger partial charge on any atom is -0.493 e. The molecule has 0 amide bonds. The second-order valence-electron chi connectivity index (χ2n) is 6.45. The lowest BCUT2D eigenvalue weighted by Crippen LogP contribution is -2.46. The number of aromatic nitrogens is 2. The second kappa shape index (κ2) is 16.9. The van der Waals surface area contributed by atoms with Gasteiger partial charge in [0.25, 0.3) is 0 Å². The van der Waals surface area contributed by atoms with Gasteiger partial charge in [-0.1, -0.05) is 18.2 Å². The molecule has 0 radical (unpaired) electrons. The Labute approximate surface area is 201 Å². The normalized spacial score (nSPS) is 12.6. The average molecular weight is 500 g/mol. The van der Waals surface area contributed by atoms with Gasteiger partial charge in [0, 0.05) is 44.5 Å². The predicted molar refractivity (Wildman–Crippen MR) is 134 cm³/mol. The van der Waals surface area contributed by atoms with E-state index >= 15 is 0 Å². The van der Waals surface area contributed by atoms with Crippen LogP contribution in [0, 0.1) is 0 Å². The topological polar surface area (TPSA) is 139 Å². The molecule has 0 bridgehead atoms. The first-order valence-corrected chi connectivity index (χ1v) is 8.97. The number of ether oxygens (including phenoxy) is 1. The van der Waals surface area contributed by atoms with Crippen LogP contribution in [0.1, 0.15) is 6.42 Å². The van der Waals surface area contributed by atoms with Crippen LogP contribution in [0.3, 0.4) is 0 Å². The first-order chi connectivity index (χ1) is 12.4. The third-order valence-electron chi connectivity index (χ3n) is 4.77. The maximum atomic E-state index is 5.88. The molecule has 11 heteroatoms. The lowest BCUT2D eigenvalue weighted by atomic mass is 10.2. The average Bonchev–Trinajstić information content (AvgIpc) is 3.14. The maximum absolute atomic E-state index is 5.88. The number of rotatable bonds is 6. The van der Waals surface area contributed by atoms with Crippen molar-refractivity contribution in [1.82, 2.24) is 14.9 Å². The van der Waals surface area contributed by atoms with Crippen molar-refractivity contribution < 1.29 is 21.2 Å². The number of para-hydroxylation sites is 1. The fourth-order valence-corrected chi connectivity index (χ4v) is 3.35. The lowest BCUT2D eigenvalue weighted by molar-refractivity contribution is 0.225. The number of aromatic amines is 1. The molecule has 2 heterocycles. The largest absolute Gasteiger partial charge is 0.493 e. The number of piperazine rings is 1. The molecule has 0 unspecified atom stereocenters. The number of hydrogen-bond acceptors (Lipinski definition) is 4. The van der Waals surface area contributed by atoms with E-state index < -0.39 is 0 Å². The minimum atomic E-state index is 0. The number of anilines is 1. The summed E-state index contributed by atoms with van der Waals surface area (Å²) in [5.41, 5.74) is 3.33. The predicted octanol–water partition coefficient (Wildman–Crippen LogP) is 1.95. The Bertz CT molecular complexity index is 818. The van der Waals surface area contributed by atoms with E-state index in [1.54, 1.807) is 6.33 Å². The molecule has 178 valence electrons. The Hall–Kier alpha value is -1.78. The standard InChI is InChI=1S/C20H24N4O.3ClH.3H2O/c1-2-5-17(6-3-1)24-12-10-23(11-13-24)9-4-14-25-18-7-8-19-20(15-18)22-16-21-19;;;;;;/h1-3,5-8,15-16H,4,9-14H2,(H,21,22);3*1H;3*1H2. The highest BCUT2D eigenvalue weighted by atomic mass is 35.5. The zero-order chi connectivity index (χ0) is 16.9. The molecule has 1 aliphatic rings. The van der Waals surface area contributed by atoms with Crippen molar-refractivity contribution in [1.29, 1.82) is 0 Å². The number of nitrogens with zero attached hydrogens (tertiary/aromatic N) is 3. The molecular weight excluding hydrogens is 467 g/mol. The molecule has 0 atom stereocenters. The van der Waals surface area contributed by atoms with Crippen LogP contribution in [-0.4, -0.2) is 70.6 Å². The molecular formula is C20H33Cl3N4O4. The smallest absolute Gasteiger partial charge is 0.121 e. The Morgan fingerprint density at radius 2 is 1.55 bits per heavy atom. The van der Waals surface area contributed by atoms with Gasteiger partial charge >= 0.3 is 0 Å². The number of fused-ring (bicyclic) bond motifs is 1. The Balaban J connectivity index is -0.00000131. The van der Waals surface area contributed by atoms with Crippen molar-refractivity contribution in [3.63, 3.8) is 0 Å². The van der Waals surface area contributed by atoms with E-state index in [0.717, 1.165) is 62.5 Å². The van der Waals surface area contributed by atoms with Gasteiger partial charge in [0.05, 0.1) is 24.0 Å². The third kappa shape index (κ3) is 9.08. The van der Waals surface area contributed by atoms with Crippen molar-refractivity contribution in [2.24, 2.45) is 0 Å². The molecule has 1 aromatic heterocycles. The molecule has 2 aromatic carbocycles. The second-order valence-corrected chi connectivity index (χ2v) is 6.45. The van der Waals surface area contributed by atoms with Crippen molar-refractivity contribution in [2.45, 2.75) is 6.42 Å². The molecule has 3 aromatic rings. The fourth-order valence-electron chi connectivity index (χ4n) is 3.35. The molecule has 31 heavy (non-hydrogen) atoms. The summed E-state index contributed by atoms with van der Waals surface area (Å²) >= 11 is 0. The summed E-state index contributed by atoms with van der Waals surface area (Å²) in [5.74, 6) is 0.908. The van der Waals surface area contributed by atoms with Crippen LogP contribution in [0.5, 0.6) is 5.75 Å². The van der Waals surface area contributed by atoms with Gasteiger partial charge in [-0.3, -0.25) is 4.90 Å². The Morgan fingerprint density at radius 3 is 2.23 bits per heavy atom. The first kappa shape index (κ1) is 33.8. The highest BCUT2D eigenvalue weighted by molar-refractivity contribution is 5.86. The number of halogens is 3. The van der Waals surface area contributed by atoms with Gasteiger partial charge in [0.15, 0.2) is 0 Å². The molecule has 0 saturated carbocycles. The summed E-state index contributed by atoms with van der Waals surface area (Å²) < 4.78 is 5.88. The zero-order valence-electron chi connectivity index (χ0n) is 17.1. The number of nitrogens with one attached hydrogen (secondary N) is 1. The van der Waals surface area contributed by atoms with Crippen LogP contribution in [0.2, 0.25) is 0 Å². The van der Waals surface area contributed by atoms with Crippen molar-refractivity contribution in [2.75, 3.05) is 44.2 Å². The van der Waals surface area contributed by atoms with Gasteiger partial charge in [0.1, 0.15) is 5.75 Å². The molecule has 0 spiro atoms. The highest BCUT2D eigenvalue weighted by Gasteiger charge is 2.16. The van der Waals surface area contributed by atoms with Crippen molar-refractivity contribution in [3.8, 4) is 5.75 Å². The van der Waals surface area contributed by atoms with Crippen LogP contribution >= 0.6 is 37.2 Å². The summed E-state index contributed by atoms with van der Waals surface area (Å²) in [6.07, 6.45) is 2.76. The van der Waals surface area contributed by atoms with Crippen LogP contribution in [0.4, 0.5) is 5.69 Å². The minimum absolute atomic E-state index is 0. The van der Waals surface area contributed by atoms with E-state index in [-0.39, 0.29) is 53.6 Å². The van der Waals surface area contributed by atoms with E-state index in [4.69, 9.17) is 4.74 Å². The van der Waals surface area contributed by atoms with Crippen LogP contribution in [-0.2, 0) is 0 Å². The van der Waals surface area contributed by atoms with Gasteiger partial charge in [-0.05, 0) is 30.7 Å². The molecule has 7 N–H and O–H groups in total. The summed E-state index contributed by atoms with van der Waals surface area (Å²) in [6, 6.07) is 16.7. The summed E-state index contributed by atoms with van der Waals surface area (Å²) in [6.45, 7) is 6.28. The van der Waals surface area contributed by atoms with E-state index in [2.05, 4.69) is 50.1 Å². The number of H-pyrrole nitrogens is 1. The molecule has 1 fully saturated rings. The summed E-state index contributed by atoms with van der Waals surface area (Å²) in [5, 5.41) is 0. The lowest BCUT2D eigenvalue weighted by Gasteiger charge is -2.36. The van der Waals surface area contributed by atoms with Gasteiger partial charge in [-0.15, -0.1) is 37.2 Å². The van der Waals surface area contributed by atoms with Crippen LogP contribution in [0.15, 0.2) is 54.9 Å². The quantitative estimate of drug-likeness (QED) is 0.518. The first-order valence-electron chi connectivity index (χ1n) is 8.97. The number of hydrogen-bond donors (Lipinski definition) is 1. The van der Waals surface area contributed by atoms with Gasteiger partial charge in [0.2, 0.25) is 0 Å². The zero-order valence-corrected chi connectivity index (χ0v) is 19.6. The molecule has 1 aliphatic heterocycles. The van der Waals surface area contributed by atoms with Crippen molar-refractivity contribution >= 4 is 53.9 Å². The van der Waals surface area contributed by atoms with E-state index in [1.807, 2.05) is 18.2 Å². The van der Waals surface area contributed by atoms with Gasteiger partial charge in [-0.25, -0.2) is 4.98 Å². The fraction of sp³-hybridized carbons (Fsp3) is 0.350. The van der Waals surface area contributed by atoms with Crippen molar-refractivity contribution in [3.05, 3.63) is 54.9 Å². The third-order valence-corrected chi connectivity index (χ3v) is 4.77. The number of benzene rings is 2. The molecule has 1 saturated heterocycles. The van der Waals surface area contributed by atoms with E-state index in [0.29, 0.717) is 0 Å². The van der Waals surface area contributed by atoms with Gasteiger partial charge in [-0.2, -0.15) is 0 Å². The SMILES string of the molecule is Cl.Cl.Cl.O.O.O.c1ccc(N2CCN(CCCOc3ccc4nc[nH]c4c3)CC2)cc1. The van der Waals surface area contributed by atoms with Gasteiger partial charge < -0.3 is 31.0 Å². The number of imidazole rings is 1. The van der Waals surface area contributed by atoms with E-state index in [1.165, 1.54) is 5.69 Å². The monoisotopic (exact) mass is 498 g/mol. The summed E-state index contributed by atoms with van der Waals surface area (Å²) in [7, 11) is 0. The molecule has 0 aliphatic carbocycles. The molecule has 8 nitrogen and oxygen atoms in total. The van der Waals surface area contributed by atoms with Crippen LogP contribution < -0.4 is 9.64 Å². The maximum Gasteiger partial charge on any atom is 0.121 e. The highest BCUT2D eigenvalue weighted by Crippen LogP contribution is 2.18. The Morgan fingerprint density at radius 1 is 0.871 bits per heavy atom. The summed E-state index contributed by atoms with van der Waals surface area (Å²) in [4.78, 5) is 12.3.